The molecule has 0 aliphatic carbocycles. The Morgan fingerprint density at radius 3 is 1.76 bits per heavy atom. The fourth-order valence-electron chi connectivity index (χ4n) is 3.91. The fraction of sp³-hybridized carbons (Fsp3) is 0.727. The van der Waals surface area contributed by atoms with Gasteiger partial charge in [-0.1, -0.05) is 34.1 Å². The lowest BCUT2D eigenvalue weighted by Gasteiger charge is -2.41. The number of anilines is 2. The van der Waals surface area contributed by atoms with Crippen molar-refractivity contribution in [2.75, 3.05) is 36.8 Å². The van der Waals surface area contributed by atoms with Gasteiger partial charge < -0.3 is 15.5 Å². The third-order valence-corrected chi connectivity index (χ3v) is 5.32. The molecule has 3 nitrogen and oxygen atoms in total. The summed E-state index contributed by atoms with van der Waals surface area (Å²) in [6.07, 6.45) is 6.84. The quantitative estimate of drug-likeness (QED) is 0.728. The van der Waals surface area contributed by atoms with Crippen LogP contribution >= 0.6 is 0 Å². The molecule has 0 radical (unpaired) electrons. The largest absolute Gasteiger partial charge is 0.398 e. The molecule has 0 saturated carbocycles. The van der Waals surface area contributed by atoms with Crippen LogP contribution in [-0.2, 0) is 0 Å². The fourth-order valence-corrected chi connectivity index (χ4v) is 3.91. The Morgan fingerprint density at radius 2 is 1.28 bits per heavy atom. The second-order valence-corrected chi connectivity index (χ2v) is 6.81. The Labute approximate surface area is 156 Å². The summed E-state index contributed by atoms with van der Waals surface area (Å²) in [7, 11) is 0. The smallest absolute Gasteiger partial charge is 0.0374 e. The van der Waals surface area contributed by atoms with E-state index in [1.807, 2.05) is 27.7 Å². The van der Waals surface area contributed by atoms with Gasteiger partial charge in [0.2, 0.25) is 0 Å². The van der Waals surface area contributed by atoms with Crippen LogP contribution in [0.1, 0.15) is 70.9 Å². The molecule has 2 heterocycles. The first kappa shape index (κ1) is 21.8. The Morgan fingerprint density at radius 1 is 0.800 bits per heavy atom. The van der Waals surface area contributed by atoms with E-state index in [4.69, 9.17) is 5.73 Å². The minimum Gasteiger partial charge on any atom is -0.398 e. The van der Waals surface area contributed by atoms with E-state index in [2.05, 4.69) is 35.8 Å². The summed E-state index contributed by atoms with van der Waals surface area (Å²) >= 11 is 0. The highest BCUT2D eigenvalue weighted by molar-refractivity contribution is 5.62. The molecule has 2 N–H and O–H groups in total. The topological polar surface area (TPSA) is 32.5 Å². The van der Waals surface area contributed by atoms with E-state index in [-0.39, 0.29) is 0 Å². The van der Waals surface area contributed by atoms with Crippen molar-refractivity contribution in [3.63, 3.8) is 0 Å². The molecular weight excluding hydrogens is 306 g/mol. The van der Waals surface area contributed by atoms with Gasteiger partial charge in [0.1, 0.15) is 0 Å². The van der Waals surface area contributed by atoms with Crippen LogP contribution in [0, 0.1) is 13.8 Å². The van der Waals surface area contributed by atoms with Crippen LogP contribution in [0.15, 0.2) is 12.1 Å². The Hall–Kier alpha value is -1.22. The van der Waals surface area contributed by atoms with E-state index in [0.717, 1.165) is 11.7 Å². The van der Waals surface area contributed by atoms with Crippen LogP contribution in [0.5, 0.6) is 0 Å². The molecule has 2 fully saturated rings. The van der Waals surface area contributed by atoms with E-state index < -0.39 is 0 Å². The van der Waals surface area contributed by atoms with E-state index in [1.54, 1.807) is 0 Å². The molecule has 1 aromatic carbocycles. The van der Waals surface area contributed by atoms with E-state index >= 15 is 0 Å². The molecule has 3 heteroatoms. The summed E-state index contributed by atoms with van der Waals surface area (Å²) in [5.41, 5.74) is 10.8. The molecule has 144 valence electrons. The lowest BCUT2D eigenvalue weighted by atomic mass is 9.98. The molecule has 0 amide bonds. The summed E-state index contributed by atoms with van der Waals surface area (Å²) in [4.78, 5) is 5.28. The average Bonchev–Trinajstić information content (AvgIpc) is 2.69. The highest BCUT2D eigenvalue weighted by atomic mass is 15.2. The third-order valence-electron chi connectivity index (χ3n) is 5.32. The van der Waals surface area contributed by atoms with Gasteiger partial charge in [0.15, 0.2) is 0 Å². The third kappa shape index (κ3) is 5.91. The Bertz CT molecular complexity index is 461. The van der Waals surface area contributed by atoms with Crippen LogP contribution in [0.2, 0.25) is 0 Å². The van der Waals surface area contributed by atoms with Gasteiger partial charge >= 0.3 is 0 Å². The molecule has 0 unspecified atom stereocenters. The van der Waals surface area contributed by atoms with Crippen molar-refractivity contribution < 1.29 is 0 Å². The van der Waals surface area contributed by atoms with Gasteiger partial charge in [-0.05, 0) is 75.9 Å². The summed E-state index contributed by atoms with van der Waals surface area (Å²) in [5, 5.41) is 0. The zero-order chi connectivity index (χ0) is 18.8. The van der Waals surface area contributed by atoms with Crippen molar-refractivity contribution in [1.82, 2.24) is 4.90 Å². The number of likely N-dealkylation sites (tertiary alicyclic amines) is 1. The van der Waals surface area contributed by atoms with Crippen molar-refractivity contribution in [2.24, 2.45) is 0 Å². The molecule has 2 aliphatic rings. The molecular formula is C22H41N3. The van der Waals surface area contributed by atoms with Crippen molar-refractivity contribution in [1.29, 1.82) is 0 Å². The number of benzene rings is 1. The van der Waals surface area contributed by atoms with Crippen LogP contribution in [0.25, 0.3) is 0 Å². The predicted octanol–water partition coefficient (Wildman–Crippen LogP) is 5.39. The number of nitrogen functional groups attached to an aromatic ring is 1. The molecule has 0 bridgehead atoms. The molecule has 1 aromatic rings. The molecule has 25 heavy (non-hydrogen) atoms. The lowest BCUT2D eigenvalue weighted by molar-refractivity contribution is 0.141. The van der Waals surface area contributed by atoms with Gasteiger partial charge in [0.25, 0.3) is 0 Å². The molecule has 2 saturated heterocycles. The van der Waals surface area contributed by atoms with E-state index in [9.17, 15) is 0 Å². The highest BCUT2D eigenvalue weighted by Gasteiger charge is 2.25. The first-order valence-electron chi connectivity index (χ1n) is 10.5. The highest BCUT2D eigenvalue weighted by Crippen LogP contribution is 2.28. The number of rotatable bonds is 2. The second kappa shape index (κ2) is 11.4. The molecule has 3 rings (SSSR count). The predicted molar refractivity (Wildman–Crippen MR) is 114 cm³/mol. The maximum Gasteiger partial charge on any atom is 0.0374 e. The SMILES string of the molecule is CC.CC.Cc1cc(N2CCC(N3CCCCC3)CC2)cc(C)c1N. The van der Waals surface area contributed by atoms with Gasteiger partial charge in [0, 0.05) is 30.5 Å². The number of hydrogen-bond donors (Lipinski definition) is 1. The molecule has 0 atom stereocenters. The number of nitrogens with zero attached hydrogens (tertiary/aromatic N) is 2. The zero-order valence-electron chi connectivity index (χ0n) is 17.6. The number of piperidine rings is 2. The second-order valence-electron chi connectivity index (χ2n) is 6.81. The van der Waals surface area contributed by atoms with Crippen molar-refractivity contribution in [3.8, 4) is 0 Å². The van der Waals surface area contributed by atoms with Gasteiger partial charge in [-0.25, -0.2) is 0 Å². The average molecular weight is 348 g/mol. The first-order valence-corrected chi connectivity index (χ1v) is 10.5. The summed E-state index contributed by atoms with van der Waals surface area (Å²) in [5.74, 6) is 0. The van der Waals surface area contributed by atoms with Crippen molar-refractivity contribution in [2.45, 2.75) is 79.7 Å². The summed E-state index contributed by atoms with van der Waals surface area (Å²) in [6, 6.07) is 5.32. The van der Waals surface area contributed by atoms with Crippen LogP contribution in [-0.4, -0.2) is 37.1 Å². The Balaban J connectivity index is 0.000000730. The lowest BCUT2D eigenvalue weighted by Crippen LogP contribution is -2.46. The normalized spacial score (nSPS) is 18.7. The number of aryl methyl sites for hydroxylation is 2. The summed E-state index contributed by atoms with van der Waals surface area (Å²) < 4.78 is 0. The van der Waals surface area contributed by atoms with Crippen LogP contribution in [0.4, 0.5) is 11.4 Å². The number of hydrogen-bond acceptors (Lipinski definition) is 3. The zero-order valence-corrected chi connectivity index (χ0v) is 17.6. The maximum atomic E-state index is 6.07. The first-order chi connectivity index (χ1) is 12.1. The standard InChI is InChI=1S/C18H29N3.2C2H6/c1-14-12-17(13-15(2)18(14)19)21-10-6-16(7-11-21)20-8-4-3-5-9-20;2*1-2/h12-13,16H,3-11,19H2,1-2H3;2*1-2H3. The molecule has 2 aliphatic heterocycles. The van der Waals surface area contributed by atoms with Crippen LogP contribution in [0.3, 0.4) is 0 Å². The van der Waals surface area contributed by atoms with Gasteiger partial charge in [-0.2, -0.15) is 0 Å². The van der Waals surface area contributed by atoms with Gasteiger partial charge in [-0.3, -0.25) is 0 Å². The van der Waals surface area contributed by atoms with Crippen molar-refractivity contribution >= 4 is 11.4 Å². The van der Waals surface area contributed by atoms with Crippen molar-refractivity contribution in [3.05, 3.63) is 23.3 Å². The molecule has 0 aromatic heterocycles. The Kier molecular flexibility index (Phi) is 9.96. The molecule has 0 spiro atoms. The van der Waals surface area contributed by atoms with Gasteiger partial charge in [0.05, 0.1) is 0 Å². The van der Waals surface area contributed by atoms with Gasteiger partial charge in [-0.15, -0.1) is 0 Å². The minimum atomic E-state index is 0.817. The number of nitrogens with two attached hydrogens (primary N) is 1. The summed E-state index contributed by atoms with van der Waals surface area (Å²) in [6.45, 7) is 17.3. The monoisotopic (exact) mass is 347 g/mol. The maximum absolute atomic E-state index is 6.07. The van der Waals surface area contributed by atoms with Crippen LogP contribution < -0.4 is 10.6 Å². The van der Waals surface area contributed by atoms with E-state index in [0.29, 0.717) is 0 Å². The van der Waals surface area contributed by atoms with E-state index in [1.165, 1.54) is 75.1 Å². The minimum absolute atomic E-state index is 0.817.